The van der Waals surface area contributed by atoms with Crippen LogP contribution >= 0.6 is 11.6 Å². The van der Waals surface area contributed by atoms with Gasteiger partial charge in [0.25, 0.3) is 11.6 Å². The van der Waals surface area contributed by atoms with E-state index in [9.17, 15) is 19.7 Å². The van der Waals surface area contributed by atoms with Crippen LogP contribution in [0.25, 0.3) is 0 Å². The van der Waals surface area contributed by atoms with E-state index in [1.165, 1.54) is 12.1 Å². The van der Waals surface area contributed by atoms with Gasteiger partial charge in [0.2, 0.25) is 0 Å². The molecule has 0 heterocycles. The molecular formula is C18H17ClN2O5. The van der Waals surface area contributed by atoms with Crippen molar-refractivity contribution in [2.24, 2.45) is 0 Å². The number of nitro benzene ring substituents is 1. The van der Waals surface area contributed by atoms with Crippen LogP contribution in [0.3, 0.4) is 0 Å². The number of carbonyl (C=O) groups is 2. The Morgan fingerprint density at radius 1 is 1.19 bits per heavy atom. The summed E-state index contributed by atoms with van der Waals surface area (Å²) < 4.78 is 4.86. The molecule has 0 saturated heterocycles. The van der Waals surface area contributed by atoms with Gasteiger partial charge in [-0.15, -0.1) is 0 Å². The topological polar surface area (TPSA) is 98.5 Å². The van der Waals surface area contributed by atoms with Gasteiger partial charge in [-0.25, -0.2) is 4.79 Å². The van der Waals surface area contributed by atoms with Gasteiger partial charge < -0.3 is 10.1 Å². The molecule has 0 aliphatic heterocycles. The van der Waals surface area contributed by atoms with Crippen molar-refractivity contribution in [3.05, 3.63) is 68.7 Å². The molecule has 2 aromatic carbocycles. The first-order valence-electron chi connectivity index (χ1n) is 7.79. The second-order valence-electron chi connectivity index (χ2n) is 5.82. The maximum atomic E-state index is 12.0. The van der Waals surface area contributed by atoms with Crippen LogP contribution in [0.4, 0.5) is 11.4 Å². The highest BCUT2D eigenvalue weighted by Gasteiger charge is 2.22. The average Bonchev–Trinajstić information content (AvgIpc) is 2.60. The number of rotatable bonds is 6. The molecule has 0 aliphatic rings. The van der Waals surface area contributed by atoms with Crippen molar-refractivity contribution in [2.45, 2.75) is 19.8 Å². The quantitative estimate of drug-likeness (QED) is 0.463. The van der Waals surface area contributed by atoms with E-state index < -0.39 is 29.1 Å². The molecule has 2 rings (SSSR count). The summed E-state index contributed by atoms with van der Waals surface area (Å²) in [5.41, 5.74) is 0.943. The number of amides is 1. The third-order valence-corrected chi connectivity index (χ3v) is 3.81. The Kier molecular flexibility index (Phi) is 6.30. The number of nitro groups is 1. The van der Waals surface area contributed by atoms with Gasteiger partial charge in [-0.3, -0.25) is 14.9 Å². The minimum absolute atomic E-state index is 0.121. The predicted molar refractivity (Wildman–Crippen MR) is 97.5 cm³/mol. The number of hydrogen-bond acceptors (Lipinski definition) is 5. The molecule has 2 aromatic rings. The molecule has 26 heavy (non-hydrogen) atoms. The lowest BCUT2D eigenvalue weighted by atomic mass is 10.0. The first kappa shape index (κ1) is 19.4. The van der Waals surface area contributed by atoms with Gasteiger partial charge in [0.15, 0.2) is 6.61 Å². The second kappa shape index (κ2) is 8.44. The Labute approximate surface area is 155 Å². The van der Waals surface area contributed by atoms with E-state index in [4.69, 9.17) is 16.3 Å². The predicted octanol–water partition coefficient (Wildman–Crippen LogP) is 4.17. The lowest BCUT2D eigenvalue weighted by molar-refractivity contribution is -0.385. The number of esters is 1. The van der Waals surface area contributed by atoms with Crippen molar-refractivity contribution in [1.82, 2.24) is 0 Å². The molecule has 0 atom stereocenters. The number of nitrogens with one attached hydrogen (secondary N) is 1. The minimum Gasteiger partial charge on any atom is -0.452 e. The lowest BCUT2D eigenvalue weighted by Gasteiger charge is -2.09. The van der Waals surface area contributed by atoms with E-state index in [-0.39, 0.29) is 10.6 Å². The van der Waals surface area contributed by atoms with E-state index >= 15 is 0 Å². The van der Waals surface area contributed by atoms with Crippen molar-refractivity contribution < 1.29 is 19.2 Å². The number of carbonyl (C=O) groups excluding carboxylic acids is 2. The lowest BCUT2D eigenvalue weighted by Crippen LogP contribution is -2.21. The van der Waals surface area contributed by atoms with E-state index in [1.807, 2.05) is 12.1 Å². The zero-order valence-corrected chi connectivity index (χ0v) is 14.9. The van der Waals surface area contributed by atoms with Crippen LogP contribution < -0.4 is 5.32 Å². The summed E-state index contributed by atoms with van der Waals surface area (Å²) >= 11 is 5.69. The van der Waals surface area contributed by atoms with Crippen molar-refractivity contribution in [1.29, 1.82) is 0 Å². The largest absolute Gasteiger partial charge is 0.452 e. The normalized spacial score (nSPS) is 10.5. The van der Waals surface area contributed by atoms with E-state index in [1.54, 1.807) is 12.1 Å². The number of halogens is 1. The molecule has 7 nitrogen and oxygen atoms in total. The minimum atomic E-state index is -0.973. The summed E-state index contributed by atoms with van der Waals surface area (Å²) in [6.07, 6.45) is 0. The van der Waals surface area contributed by atoms with Crippen LogP contribution in [-0.4, -0.2) is 23.4 Å². The van der Waals surface area contributed by atoms with Gasteiger partial charge in [-0.05, 0) is 35.7 Å². The molecule has 0 radical (unpaired) electrons. The second-order valence-corrected chi connectivity index (χ2v) is 6.26. The number of benzene rings is 2. The van der Waals surface area contributed by atoms with Crippen molar-refractivity contribution >= 4 is 34.9 Å². The van der Waals surface area contributed by atoms with Gasteiger partial charge in [0.05, 0.1) is 4.92 Å². The summed E-state index contributed by atoms with van der Waals surface area (Å²) in [5.74, 6) is -1.15. The van der Waals surface area contributed by atoms with Gasteiger partial charge >= 0.3 is 5.97 Å². The highest BCUT2D eigenvalue weighted by atomic mass is 35.5. The molecule has 0 aliphatic carbocycles. The third-order valence-electron chi connectivity index (χ3n) is 3.57. The Morgan fingerprint density at radius 2 is 1.85 bits per heavy atom. The highest BCUT2D eigenvalue weighted by molar-refractivity contribution is 6.31. The molecule has 8 heteroatoms. The van der Waals surface area contributed by atoms with E-state index in [0.29, 0.717) is 11.6 Å². The summed E-state index contributed by atoms with van der Waals surface area (Å²) in [6, 6.07) is 10.9. The first-order chi connectivity index (χ1) is 12.3. The summed E-state index contributed by atoms with van der Waals surface area (Å²) in [6.45, 7) is 3.55. The standard InChI is InChI=1S/C18H17ClN2O5/c1-11(2)12-3-6-14(7-4-12)20-17(22)10-26-18(23)15-8-5-13(19)9-16(15)21(24)25/h3-9,11H,10H2,1-2H3,(H,20,22). The average molecular weight is 377 g/mol. The number of ether oxygens (including phenoxy) is 1. The first-order valence-corrected chi connectivity index (χ1v) is 8.16. The van der Waals surface area contributed by atoms with E-state index in [0.717, 1.165) is 11.6 Å². The fourth-order valence-electron chi connectivity index (χ4n) is 2.19. The molecule has 136 valence electrons. The monoisotopic (exact) mass is 376 g/mol. The molecule has 0 aromatic heterocycles. The SMILES string of the molecule is CC(C)c1ccc(NC(=O)COC(=O)c2ccc(Cl)cc2[N+](=O)[O-])cc1. The zero-order valence-electron chi connectivity index (χ0n) is 14.2. The summed E-state index contributed by atoms with van der Waals surface area (Å²) in [4.78, 5) is 34.2. The fraction of sp³-hybridized carbons (Fsp3) is 0.222. The van der Waals surface area contributed by atoms with Gasteiger partial charge in [-0.1, -0.05) is 37.6 Å². The van der Waals surface area contributed by atoms with Gasteiger partial charge in [-0.2, -0.15) is 0 Å². The smallest absolute Gasteiger partial charge is 0.345 e. The van der Waals surface area contributed by atoms with Gasteiger partial charge in [0.1, 0.15) is 5.56 Å². The van der Waals surface area contributed by atoms with Crippen LogP contribution in [0.1, 0.15) is 35.7 Å². The Hall–Kier alpha value is -2.93. The van der Waals surface area contributed by atoms with Crippen molar-refractivity contribution in [3.63, 3.8) is 0 Å². The maximum absolute atomic E-state index is 12.0. The van der Waals surface area contributed by atoms with E-state index in [2.05, 4.69) is 19.2 Å². The Balaban J connectivity index is 1.97. The van der Waals surface area contributed by atoms with Crippen LogP contribution in [-0.2, 0) is 9.53 Å². The van der Waals surface area contributed by atoms with Crippen LogP contribution in [0.15, 0.2) is 42.5 Å². The Morgan fingerprint density at radius 3 is 2.42 bits per heavy atom. The molecular weight excluding hydrogens is 360 g/mol. The highest BCUT2D eigenvalue weighted by Crippen LogP contribution is 2.24. The molecule has 0 fully saturated rings. The van der Waals surface area contributed by atoms with Crippen molar-refractivity contribution in [3.8, 4) is 0 Å². The van der Waals surface area contributed by atoms with Crippen LogP contribution in [0, 0.1) is 10.1 Å². The fourth-order valence-corrected chi connectivity index (χ4v) is 2.35. The summed E-state index contributed by atoms with van der Waals surface area (Å²) in [7, 11) is 0. The zero-order chi connectivity index (χ0) is 19.3. The van der Waals surface area contributed by atoms with Crippen LogP contribution in [0.2, 0.25) is 5.02 Å². The van der Waals surface area contributed by atoms with Gasteiger partial charge in [0, 0.05) is 16.8 Å². The van der Waals surface area contributed by atoms with Crippen LogP contribution in [0.5, 0.6) is 0 Å². The van der Waals surface area contributed by atoms with Crippen molar-refractivity contribution in [2.75, 3.05) is 11.9 Å². The molecule has 0 unspecified atom stereocenters. The number of hydrogen-bond donors (Lipinski definition) is 1. The maximum Gasteiger partial charge on any atom is 0.345 e. The molecule has 1 N–H and O–H groups in total. The molecule has 0 saturated carbocycles. The number of anilines is 1. The molecule has 1 amide bonds. The third kappa shape index (κ3) is 5.03. The Bertz CT molecular complexity index is 834. The summed E-state index contributed by atoms with van der Waals surface area (Å²) in [5, 5.41) is 13.7. The number of nitrogens with zero attached hydrogens (tertiary/aromatic N) is 1. The molecule has 0 bridgehead atoms. The molecule has 0 spiro atoms.